The number of hydrogen-bond acceptors (Lipinski definition) is 0. The molecule has 0 radical (unpaired) electrons. The summed E-state index contributed by atoms with van der Waals surface area (Å²) in [6.45, 7) is 10.3. The lowest BCUT2D eigenvalue weighted by molar-refractivity contribution is -0.130. The highest BCUT2D eigenvalue weighted by Crippen LogP contribution is 2.44. The standard InChI is InChI=1S/C13H21F3Si/c1-9-8-12(11(3)10(9)2)17(4,5)7-6-13(14,15)16/h8,12H,6-7H2,1-5H3. The number of hydrogen-bond donors (Lipinski definition) is 0. The predicted molar refractivity (Wildman–Crippen MR) is 68.8 cm³/mol. The molecule has 0 amide bonds. The van der Waals surface area contributed by atoms with Crippen LogP contribution >= 0.6 is 0 Å². The number of halogens is 3. The van der Waals surface area contributed by atoms with Crippen LogP contribution in [0.1, 0.15) is 27.2 Å². The van der Waals surface area contributed by atoms with E-state index in [0.29, 0.717) is 6.04 Å². The van der Waals surface area contributed by atoms with Crippen LogP contribution in [-0.2, 0) is 0 Å². The summed E-state index contributed by atoms with van der Waals surface area (Å²) in [6.07, 6.45) is -2.48. The second-order valence-electron chi connectivity index (χ2n) is 5.74. The van der Waals surface area contributed by atoms with E-state index in [-0.39, 0.29) is 5.54 Å². The van der Waals surface area contributed by atoms with E-state index in [9.17, 15) is 13.2 Å². The first-order valence-electron chi connectivity index (χ1n) is 5.97. The molecule has 98 valence electrons. The number of allylic oxidation sites excluding steroid dienone is 4. The van der Waals surface area contributed by atoms with Crippen molar-refractivity contribution in [3.05, 3.63) is 22.8 Å². The van der Waals surface area contributed by atoms with Gasteiger partial charge in [-0.2, -0.15) is 13.2 Å². The van der Waals surface area contributed by atoms with E-state index < -0.39 is 20.7 Å². The van der Waals surface area contributed by atoms with Gasteiger partial charge in [-0.3, -0.25) is 0 Å². The van der Waals surface area contributed by atoms with E-state index in [4.69, 9.17) is 0 Å². The fourth-order valence-corrected chi connectivity index (χ4v) is 5.80. The van der Waals surface area contributed by atoms with Crippen molar-refractivity contribution in [3.63, 3.8) is 0 Å². The molecular formula is C13H21F3Si. The minimum Gasteiger partial charge on any atom is -0.171 e. The van der Waals surface area contributed by atoms with Crippen LogP contribution in [0.2, 0.25) is 24.7 Å². The van der Waals surface area contributed by atoms with E-state index in [1.165, 1.54) is 16.7 Å². The predicted octanol–water partition coefficient (Wildman–Crippen LogP) is 5.31. The van der Waals surface area contributed by atoms with Crippen LogP contribution in [0.5, 0.6) is 0 Å². The van der Waals surface area contributed by atoms with Crippen molar-refractivity contribution < 1.29 is 13.2 Å². The third kappa shape index (κ3) is 3.47. The van der Waals surface area contributed by atoms with Crippen LogP contribution < -0.4 is 0 Å². The van der Waals surface area contributed by atoms with Gasteiger partial charge in [-0.1, -0.05) is 30.3 Å². The third-order valence-corrected chi connectivity index (χ3v) is 7.78. The van der Waals surface area contributed by atoms with Crippen molar-refractivity contribution in [2.45, 2.75) is 58.0 Å². The Kier molecular flexibility index (Phi) is 3.96. The Labute approximate surface area is 103 Å². The topological polar surface area (TPSA) is 0 Å². The fraction of sp³-hybridized carbons (Fsp3) is 0.692. The fourth-order valence-electron chi connectivity index (χ4n) is 2.48. The Morgan fingerprint density at radius 3 is 2.06 bits per heavy atom. The smallest absolute Gasteiger partial charge is 0.171 e. The summed E-state index contributed by atoms with van der Waals surface area (Å²) in [4.78, 5) is 0. The molecule has 1 aliphatic carbocycles. The Morgan fingerprint density at radius 1 is 1.18 bits per heavy atom. The van der Waals surface area contributed by atoms with Gasteiger partial charge in [0.15, 0.2) is 0 Å². The minimum absolute atomic E-state index is 0.282. The molecule has 0 saturated heterocycles. The van der Waals surface area contributed by atoms with Crippen LogP contribution in [0.4, 0.5) is 13.2 Å². The monoisotopic (exact) mass is 262 g/mol. The molecule has 4 heteroatoms. The molecule has 0 bridgehead atoms. The van der Waals surface area contributed by atoms with Crippen LogP contribution in [0.25, 0.3) is 0 Å². The molecule has 0 heterocycles. The molecule has 0 N–H and O–H groups in total. The molecule has 1 rings (SSSR count). The van der Waals surface area contributed by atoms with Crippen molar-refractivity contribution >= 4 is 8.07 Å². The van der Waals surface area contributed by atoms with Crippen molar-refractivity contribution in [2.75, 3.05) is 0 Å². The molecule has 17 heavy (non-hydrogen) atoms. The molecule has 0 aromatic heterocycles. The normalized spacial score (nSPS) is 22.1. The van der Waals surface area contributed by atoms with Crippen LogP contribution in [0.15, 0.2) is 22.8 Å². The van der Waals surface area contributed by atoms with Crippen molar-refractivity contribution in [2.24, 2.45) is 0 Å². The van der Waals surface area contributed by atoms with Crippen molar-refractivity contribution in [1.82, 2.24) is 0 Å². The highest BCUT2D eigenvalue weighted by Gasteiger charge is 2.38. The van der Waals surface area contributed by atoms with Gasteiger partial charge in [-0.05, 0) is 37.9 Å². The minimum atomic E-state index is -4.02. The molecule has 0 fully saturated rings. The SMILES string of the molecule is CC1=CC([Si](C)(C)CCC(F)(F)F)C(C)=C1C. The molecule has 0 spiro atoms. The van der Waals surface area contributed by atoms with Crippen molar-refractivity contribution in [1.29, 1.82) is 0 Å². The first-order valence-corrected chi connectivity index (χ1v) is 9.26. The highest BCUT2D eigenvalue weighted by atomic mass is 28.3. The highest BCUT2D eigenvalue weighted by molar-refractivity contribution is 6.80. The van der Waals surface area contributed by atoms with E-state index in [0.717, 1.165) is 0 Å². The van der Waals surface area contributed by atoms with Crippen LogP contribution in [0, 0.1) is 0 Å². The van der Waals surface area contributed by atoms with Gasteiger partial charge in [0, 0.05) is 6.42 Å². The van der Waals surface area contributed by atoms with Gasteiger partial charge in [0.2, 0.25) is 0 Å². The maximum absolute atomic E-state index is 12.3. The van der Waals surface area contributed by atoms with Crippen LogP contribution in [-0.4, -0.2) is 14.3 Å². The molecule has 0 aliphatic heterocycles. The Morgan fingerprint density at radius 2 is 1.71 bits per heavy atom. The van der Waals surface area contributed by atoms with Gasteiger partial charge in [0.25, 0.3) is 0 Å². The molecule has 1 unspecified atom stereocenters. The Balaban J connectivity index is 2.80. The van der Waals surface area contributed by atoms with Gasteiger partial charge >= 0.3 is 6.18 Å². The lowest BCUT2D eigenvalue weighted by atomic mass is 10.1. The molecular weight excluding hydrogens is 241 g/mol. The van der Waals surface area contributed by atoms with Gasteiger partial charge in [0.05, 0.1) is 8.07 Å². The molecule has 0 aromatic carbocycles. The van der Waals surface area contributed by atoms with Gasteiger partial charge < -0.3 is 0 Å². The summed E-state index contributed by atoms with van der Waals surface area (Å²) in [6, 6.07) is 0.315. The van der Waals surface area contributed by atoms with Gasteiger partial charge in [0.1, 0.15) is 0 Å². The summed E-state index contributed by atoms with van der Waals surface area (Å²) in [5.41, 5.74) is 4.06. The first kappa shape index (κ1) is 14.5. The summed E-state index contributed by atoms with van der Waals surface area (Å²) in [7, 11) is -1.88. The number of rotatable bonds is 3. The zero-order valence-corrected chi connectivity index (χ0v) is 12.2. The molecule has 0 nitrogen and oxygen atoms in total. The maximum atomic E-state index is 12.3. The molecule has 0 aromatic rings. The summed E-state index contributed by atoms with van der Waals surface area (Å²) in [5, 5.41) is 0. The van der Waals surface area contributed by atoms with E-state index in [1.807, 2.05) is 6.92 Å². The average Bonchev–Trinajstić information content (AvgIpc) is 2.43. The third-order valence-electron chi connectivity index (χ3n) is 3.96. The van der Waals surface area contributed by atoms with Crippen LogP contribution in [0.3, 0.4) is 0 Å². The second kappa shape index (κ2) is 4.63. The molecule has 1 aliphatic rings. The molecule has 1 atom stereocenters. The summed E-state index contributed by atoms with van der Waals surface area (Å²) >= 11 is 0. The lowest BCUT2D eigenvalue weighted by Crippen LogP contribution is -2.33. The zero-order valence-electron chi connectivity index (χ0n) is 11.2. The second-order valence-corrected chi connectivity index (χ2v) is 10.8. The van der Waals surface area contributed by atoms with E-state index >= 15 is 0 Å². The van der Waals surface area contributed by atoms with Gasteiger partial charge in [-0.25, -0.2) is 0 Å². The van der Waals surface area contributed by atoms with E-state index in [1.54, 1.807) is 0 Å². The zero-order chi connectivity index (χ0) is 13.4. The first-order chi connectivity index (χ1) is 7.54. The quantitative estimate of drug-likeness (QED) is 0.604. The maximum Gasteiger partial charge on any atom is 0.388 e. The summed E-state index contributed by atoms with van der Waals surface area (Å²) < 4.78 is 37.0. The lowest BCUT2D eigenvalue weighted by Gasteiger charge is -2.30. The Hall–Kier alpha value is -0.513. The largest absolute Gasteiger partial charge is 0.388 e. The average molecular weight is 262 g/mol. The summed E-state index contributed by atoms with van der Waals surface area (Å²) in [5.74, 6) is 0. The number of alkyl halides is 3. The Bertz CT molecular complexity index is 361. The molecule has 0 saturated carbocycles. The van der Waals surface area contributed by atoms with Gasteiger partial charge in [-0.15, -0.1) is 0 Å². The van der Waals surface area contributed by atoms with Crippen molar-refractivity contribution in [3.8, 4) is 0 Å². The van der Waals surface area contributed by atoms with E-state index in [2.05, 4.69) is 33.0 Å².